The quantitative estimate of drug-likeness (QED) is 0.660. The number of carbonyl (C=O) groups is 3. The van der Waals surface area contributed by atoms with Gasteiger partial charge in [0, 0.05) is 6.04 Å². The van der Waals surface area contributed by atoms with Gasteiger partial charge in [-0.15, -0.1) is 11.8 Å². The van der Waals surface area contributed by atoms with E-state index >= 15 is 0 Å². The highest BCUT2D eigenvalue weighted by Gasteiger charge is 2.20. The number of alkyl carbamates (subject to hydrolysis) is 1. The lowest BCUT2D eigenvalue weighted by Crippen LogP contribution is -2.44. The SMILES string of the molecule is CC(C)(C)OC(=O)NC1CCNCC1.O=Cc1ccc2c(n1)NC(=O)CS2. The zero-order valence-corrected chi connectivity index (χ0v) is 16.6. The number of pyridine rings is 1. The van der Waals surface area contributed by atoms with Gasteiger partial charge < -0.3 is 20.7 Å². The summed E-state index contributed by atoms with van der Waals surface area (Å²) in [4.78, 5) is 37.6. The smallest absolute Gasteiger partial charge is 0.407 e. The molecule has 2 aliphatic rings. The predicted molar refractivity (Wildman–Crippen MR) is 104 cm³/mol. The van der Waals surface area contributed by atoms with E-state index in [1.165, 1.54) is 11.8 Å². The standard InChI is InChI=1S/C10H20N2O2.C8H6N2O2S/c1-10(2,3)14-9(13)12-8-4-6-11-7-5-8;11-3-5-1-2-6-8(9-5)10-7(12)4-13-6/h8,11H,4-7H2,1-3H3,(H,12,13);1-3H,4H2,(H,9,10,12). The molecule has 2 amide bonds. The van der Waals surface area contributed by atoms with Crippen LogP contribution in [0.1, 0.15) is 44.1 Å². The van der Waals surface area contributed by atoms with Crippen LogP contribution >= 0.6 is 11.8 Å². The van der Waals surface area contributed by atoms with Crippen molar-refractivity contribution in [3.63, 3.8) is 0 Å². The molecule has 8 nitrogen and oxygen atoms in total. The first-order valence-corrected chi connectivity index (χ1v) is 9.84. The molecule has 0 aromatic carbocycles. The Balaban J connectivity index is 0.000000194. The van der Waals surface area contributed by atoms with Crippen molar-refractivity contribution >= 4 is 35.9 Å². The first-order valence-electron chi connectivity index (χ1n) is 8.86. The van der Waals surface area contributed by atoms with Crippen molar-refractivity contribution in [1.82, 2.24) is 15.6 Å². The lowest BCUT2D eigenvalue weighted by molar-refractivity contribution is -0.113. The van der Waals surface area contributed by atoms with E-state index in [1.54, 1.807) is 12.1 Å². The number of anilines is 1. The number of hydrogen-bond acceptors (Lipinski definition) is 7. The number of hydrogen-bond donors (Lipinski definition) is 3. The molecule has 0 spiro atoms. The number of piperidine rings is 1. The fourth-order valence-electron chi connectivity index (χ4n) is 2.49. The van der Waals surface area contributed by atoms with Crippen molar-refractivity contribution in [2.24, 2.45) is 0 Å². The highest BCUT2D eigenvalue weighted by atomic mass is 32.2. The van der Waals surface area contributed by atoms with Crippen molar-refractivity contribution in [2.75, 3.05) is 24.2 Å². The number of carbonyl (C=O) groups excluding carboxylic acids is 3. The Bertz CT molecular complexity index is 684. The normalized spacial score (nSPS) is 16.9. The molecule has 1 fully saturated rings. The summed E-state index contributed by atoms with van der Waals surface area (Å²) in [5.74, 6) is 0.827. The maximum absolute atomic E-state index is 11.4. The van der Waals surface area contributed by atoms with Gasteiger partial charge in [0.1, 0.15) is 17.1 Å². The molecule has 3 rings (SSSR count). The van der Waals surface area contributed by atoms with Crippen molar-refractivity contribution in [3.05, 3.63) is 17.8 Å². The Morgan fingerprint density at radius 1 is 1.33 bits per heavy atom. The Labute approximate surface area is 163 Å². The molecule has 27 heavy (non-hydrogen) atoms. The third-order valence-corrected chi connectivity index (χ3v) is 4.72. The highest BCUT2D eigenvalue weighted by molar-refractivity contribution is 8.00. The summed E-state index contributed by atoms with van der Waals surface area (Å²) in [6, 6.07) is 3.69. The second-order valence-corrected chi connectivity index (χ2v) is 8.23. The summed E-state index contributed by atoms with van der Waals surface area (Å²) in [6.07, 6.45) is 2.33. The molecule has 0 radical (unpaired) electrons. The summed E-state index contributed by atoms with van der Waals surface area (Å²) >= 11 is 1.43. The number of rotatable bonds is 2. The van der Waals surface area contributed by atoms with E-state index in [4.69, 9.17) is 4.74 Å². The van der Waals surface area contributed by atoms with Gasteiger partial charge in [0.2, 0.25) is 5.91 Å². The number of fused-ring (bicyclic) bond motifs is 1. The van der Waals surface area contributed by atoms with Crippen LogP contribution in [0.15, 0.2) is 17.0 Å². The molecule has 1 aromatic heterocycles. The number of ether oxygens (including phenoxy) is 1. The monoisotopic (exact) mass is 394 g/mol. The van der Waals surface area contributed by atoms with Gasteiger partial charge in [-0.3, -0.25) is 9.59 Å². The first-order chi connectivity index (χ1) is 12.8. The number of aldehydes is 1. The maximum atomic E-state index is 11.4. The van der Waals surface area contributed by atoms with Crippen LogP contribution in [0.4, 0.5) is 10.6 Å². The number of nitrogens with one attached hydrogen (secondary N) is 3. The van der Waals surface area contributed by atoms with E-state index in [-0.39, 0.29) is 18.0 Å². The maximum Gasteiger partial charge on any atom is 0.407 e. The van der Waals surface area contributed by atoms with Crippen molar-refractivity contribution < 1.29 is 19.1 Å². The molecule has 2 aliphatic heterocycles. The largest absolute Gasteiger partial charge is 0.444 e. The Morgan fingerprint density at radius 2 is 2.04 bits per heavy atom. The molecule has 9 heteroatoms. The van der Waals surface area contributed by atoms with Gasteiger partial charge in [-0.25, -0.2) is 9.78 Å². The van der Waals surface area contributed by atoms with Crippen LogP contribution in [-0.2, 0) is 9.53 Å². The van der Waals surface area contributed by atoms with Crippen molar-refractivity contribution in [1.29, 1.82) is 0 Å². The highest BCUT2D eigenvalue weighted by Crippen LogP contribution is 2.29. The second-order valence-electron chi connectivity index (χ2n) is 7.21. The van der Waals surface area contributed by atoms with Gasteiger partial charge in [0.25, 0.3) is 0 Å². The van der Waals surface area contributed by atoms with Crippen LogP contribution in [0.2, 0.25) is 0 Å². The predicted octanol–water partition coefficient (Wildman–Crippen LogP) is 2.20. The Kier molecular flexibility index (Phi) is 7.61. The van der Waals surface area contributed by atoms with E-state index in [0.717, 1.165) is 30.8 Å². The number of thioether (sulfide) groups is 1. The topological polar surface area (TPSA) is 109 Å². The van der Waals surface area contributed by atoms with Crippen LogP contribution in [0, 0.1) is 0 Å². The van der Waals surface area contributed by atoms with Gasteiger partial charge in [-0.2, -0.15) is 0 Å². The van der Waals surface area contributed by atoms with E-state index in [2.05, 4.69) is 20.9 Å². The molecule has 3 heterocycles. The lowest BCUT2D eigenvalue weighted by Gasteiger charge is -2.26. The Hall–Kier alpha value is -2.13. The summed E-state index contributed by atoms with van der Waals surface area (Å²) < 4.78 is 5.17. The lowest BCUT2D eigenvalue weighted by atomic mass is 10.1. The number of amides is 2. The zero-order valence-electron chi connectivity index (χ0n) is 15.8. The number of nitrogens with zero attached hydrogens (tertiary/aromatic N) is 1. The van der Waals surface area contributed by atoms with Gasteiger partial charge in [-0.1, -0.05) is 0 Å². The summed E-state index contributed by atoms with van der Waals surface area (Å²) in [5.41, 5.74) is -0.0710. The third-order valence-electron chi connectivity index (χ3n) is 3.68. The zero-order chi connectivity index (χ0) is 19.9. The molecule has 0 atom stereocenters. The van der Waals surface area contributed by atoms with Crippen LogP contribution in [-0.4, -0.2) is 53.8 Å². The molecule has 3 N–H and O–H groups in total. The van der Waals surface area contributed by atoms with Crippen LogP contribution < -0.4 is 16.0 Å². The fourth-order valence-corrected chi connectivity index (χ4v) is 3.24. The van der Waals surface area contributed by atoms with Crippen LogP contribution in [0.3, 0.4) is 0 Å². The number of aromatic nitrogens is 1. The third kappa shape index (κ3) is 7.56. The van der Waals surface area contributed by atoms with E-state index in [0.29, 0.717) is 23.6 Å². The molecule has 1 aromatic rings. The molecule has 148 valence electrons. The van der Waals surface area contributed by atoms with E-state index in [9.17, 15) is 14.4 Å². The van der Waals surface area contributed by atoms with Gasteiger partial charge >= 0.3 is 6.09 Å². The first kappa shape index (κ1) is 21.2. The molecule has 0 bridgehead atoms. The minimum atomic E-state index is -0.406. The van der Waals surface area contributed by atoms with Crippen LogP contribution in [0.25, 0.3) is 0 Å². The van der Waals surface area contributed by atoms with Crippen LogP contribution in [0.5, 0.6) is 0 Å². The summed E-state index contributed by atoms with van der Waals surface area (Å²) in [6.45, 7) is 7.56. The molecule has 0 aliphatic carbocycles. The minimum absolute atomic E-state index is 0.0759. The summed E-state index contributed by atoms with van der Waals surface area (Å²) in [5, 5.41) is 8.72. The minimum Gasteiger partial charge on any atom is -0.444 e. The van der Waals surface area contributed by atoms with E-state index in [1.807, 2.05) is 20.8 Å². The molecule has 1 saturated heterocycles. The van der Waals surface area contributed by atoms with Gasteiger partial charge in [0.15, 0.2) is 6.29 Å². The second kappa shape index (κ2) is 9.70. The van der Waals surface area contributed by atoms with Gasteiger partial charge in [0.05, 0.1) is 10.6 Å². The Morgan fingerprint density at radius 3 is 2.67 bits per heavy atom. The average molecular weight is 394 g/mol. The fraction of sp³-hybridized carbons (Fsp3) is 0.556. The molecule has 0 saturated carbocycles. The summed E-state index contributed by atoms with van der Waals surface area (Å²) in [7, 11) is 0. The molecular formula is C18H26N4O4S. The van der Waals surface area contributed by atoms with Crippen molar-refractivity contribution in [3.8, 4) is 0 Å². The average Bonchev–Trinajstić information content (AvgIpc) is 2.60. The molecular weight excluding hydrogens is 368 g/mol. The van der Waals surface area contributed by atoms with E-state index < -0.39 is 5.60 Å². The molecule has 0 unspecified atom stereocenters. The van der Waals surface area contributed by atoms with Gasteiger partial charge in [-0.05, 0) is 58.8 Å². The van der Waals surface area contributed by atoms with Crippen molar-refractivity contribution in [2.45, 2.75) is 50.2 Å².